The predicted octanol–water partition coefficient (Wildman–Crippen LogP) is 2.84. The molecule has 3 aromatic rings. The van der Waals surface area contributed by atoms with Crippen molar-refractivity contribution in [2.45, 2.75) is 6.42 Å². The lowest BCUT2D eigenvalue weighted by atomic mass is 10.1. The summed E-state index contributed by atoms with van der Waals surface area (Å²) in [7, 11) is 0. The maximum absolute atomic E-state index is 5.93. The summed E-state index contributed by atoms with van der Waals surface area (Å²) in [6.45, 7) is 2.08. The molecule has 1 aliphatic rings. The third-order valence-corrected chi connectivity index (χ3v) is 3.99. The second-order valence-corrected chi connectivity index (χ2v) is 5.88. The van der Waals surface area contributed by atoms with Gasteiger partial charge >= 0.3 is 0 Å². The predicted molar refractivity (Wildman–Crippen MR) is 94.2 cm³/mol. The monoisotopic (exact) mass is 331 g/mol. The first kappa shape index (κ1) is 15.6. The first-order chi connectivity index (χ1) is 12.4. The van der Waals surface area contributed by atoms with Crippen molar-refractivity contribution in [1.82, 2.24) is 15.0 Å². The smallest absolute Gasteiger partial charge is 0.249 e. The molecule has 0 saturated carbocycles. The highest BCUT2D eigenvalue weighted by molar-refractivity contribution is 5.71. The molecule has 0 bridgehead atoms. The Bertz CT molecular complexity index is 926. The Hall–Kier alpha value is -2.97. The van der Waals surface area contributed by atoms with Crippen molar-refractivity contribution < 1.29 is 9.47 Å². The number of fused-ring (bicyclic) bond motifs is 1. The SMILES string of the molecule is C(#Cc1nc2ncccc2nc1OCC1CCOC1)c1ccccc1. The average Bonchev–Trinajstić information content (AvgIpc) is 3.19. The van der Waals surface area contributed by atoms with Crippen molar-refractivity contribution in [2.75, 3.05) is 19.8 Å². The van der Waals surface area contributed by atoms with Crippen molar-refractivity contribution in [2.24, 2.45) is 5.92 Å². The standard InChI is InChI=1S/C20H17N3O2/c1-2-5-15(6-3-1)8-9-18-20(25-14-16-10-12-24-13-16)23-17-7-4-11-21-19(17)22-18/h1-7,11,16H,10,12-14H2. The molecule has 4 rings (SSSR count). The molecule has 2 aromatic heterocycles. The molecule has 25 heavy (non-hydrogen) atoms. The molecule has 5 nitrogen and oxygen atoms in total. The number of hydrogen-bond donors (Lipinski definition) is 0. The highest BCUT2D eigenvalue weighted by atomic mass is 16.5. The number of nitrogens with zero attached hydrogens (tertiary/aromatic N) is 3. The first-order valence-electron chi connectivity index (χ1n) is 8.29. The van der Waals surface area contributed by atoms with E-state index in [1.807, 2.05) is 42.5 Å². The van der Waals surface area contributed by atoms with Gasteiger partial charge in [-0.3, -0.25) is 0 Å². The zero-order valence-corrected chi connectivity index (χ0v) is 13.7. The molecule has 5 heteroatoms. The van der Waals surface area contributed by atoms with Crippen LogP contribution < -0.4 is 4.74 Å². The topological polar surface area (TPSA) is 57.1 Å². The van der Waals surface area contributed by atoms with Gasteiger partial charge < -0.3 is 9.47 Å². The molecule has 0 amide bonds. The summed E-state index contributed by atoms with van der Waals surface area (Å²) < 4.78 is 11.3. The minimum Gasteiger partial charge on any atom is -0.475 e. The fraction of sp³-hybridized carbons (Fsp3) is 0.250. The van der Waals surface area contributed by atoms with Gasteiger partial charge in [-0.25, -0.2) is 15.0 Å². The summed E-state index contributed by atoms with van der Waals surface area (Å²) in [6, 6.07) is 13.5. The van der Waals surface area contributed by atoms with Gasteiger partial charge in [0.05, 0.1) is 13.2 Å². The summed E-state index contributed by atoms with van der Waals surface area (Å²) in [6.07, 6.45) is 2.70. The van der Waals surface area contributed by atoms with E-state index >= 15 is 0 Å². The second kappa shape index (κ2) is 7.29. The summed E-state index contributed by atoms with van der Waals surface area (Å²) in [5.41, 5.74) is 2.69. The number of benzene rings is 1. The van der Waals surface area contributed by atoms with Crippen LogP contribution in [-0.2, 0) is 4.74 Å². The molecule has 1 aliphatic heterocycles. The zero-order chi connectivity index (χ0) is 16.9. The van der Waals surface area contributed by atoms with Gasteiger partial charge in [0, 0.05) is 24.3 Å². The van der Waals surface area contributed by atoms with E-state index in [4.69, 9.17) is 9.47 Å². The van der Waals surface area contributed by atoms with Crippen LogP contribution >= 0.6 is 0 Å². The van der Waals surface area contributed by atoms with Crippen LogP contribution in [0.5, 0.6) is 5.88 Å². The molecule has 0 N–H and O–H groups in total. The highest BCUT2D eigenvalue weighted by Gasteiger charge is 2.18. The lowest BCUT2D eigenvalue weighted by Gasteiger charge is -2.11. The highest BCUT2D eigenvalue weighted by Crippen LogP contribution is 2.20. The summed E-state index contributed by atoms with van der Waals surface area (Å²) in [5, 5.41) is 0. The molecule has 1 fully saturated rings. The number of rotatable bonds is 3. The van der Waals surface area contributed by atoms with Gasteiger partial charge in [-0.2, -0.15) is 0 Å². The minimum atomic E-state index is 0.390. The third kappa shape index (κ3) is 3.76. The van der Waals surface area contributed by atoms with Gasteiger partial charge in [-0.1, -0.05) is 24.1 Å². The van der Waals surface area contributed by atoms with E-state index in [2.05, 4.69) is 26.8 Å². The van der Waals surface area contributed by atoms with Crippen LogP contribution in [0, 0.1) is 17.8 Å². The summed E-state index contributed by atoms with van der Waals surface area (Å²) >= 11 is 0. The second-order valence-electron chi connectivity index (χ2n) is 5.88. The Kier molecular flexibility index (Phi) is 4.53. The first-order valence-corrected chi connectivity index (χ1v) is 8.29. The Morgan fingerprint density at radius 2 is 2.00 bits per heavy atom. The Morgan fingerprint density at radius 3 is 2.84 bits per heavy atom. The molecule has 1 atom stereocenters. The number of aromatic nitrogens is 3. The molecular weight excluding hydrogens is 314 g/mol. The van der Waals surface area contributed by atoms with Crippen molar-refractivity contribution in [3.05, 3.63) is 59.9 Å². The van der Waals surface area contributed by atoms with E-state index in [1.54, 1.807) is 6.20 Å². The van der Waals surface area contributed by atoms with Crippen LogP contribution in [0.4, 0.5) is 0 Å². The van der Waals surface area contributed by atoms with Crippen LogP contribution in [0.2, 0.25) is 0 Å². The van der Waals surface area contributed by atoms with Crippen LogP contribution in [0.25, 0.3) is 11.2 Å². The fourth-order valence-electron chi connectivity index (χ4n) is 2.62. The molecular formula is C20H17N3O2. The van der Waals surface area contributed by atoms with E-state index in [0.29, 0.717) is 35.3 Å². The molecule has 3 heterocycles. The van der Waals surface area contributed by atoms with Crippen molar-refractivity contribution in [3.8, 4) is 17.7 Å². The van der Waals surface area contributed by atoms with E-state index in [9.17, 15) is 0 Å². The number of pyridine rings is 1. The van der Waals surface area contributed by atoms with Gasteiger partial charge in [-0.15, -0.1) is 0 Å². The van der Waals surface area contributed by atoms with Gasteiger partial charge in [0.2, 0.25) is 5.88 Å². The summed E-state index contributed by atoms with van der Waals surface area (Å²) in [5.74, 6) is 7.03. The number of ether oxygens (including phenoxy) is 2. The lowest BCUT2D eigenvalue weighted by molar-refractivity contribution is 0.165. The molecule has 1 saturated heterocycles. The molecule has 0 spiro atoms. The van der Waals surface area contributed by atoms with Gasteiger partial charge in [-0.05, 0) is 36.6 Å². The molecule has 1 aromatic carbocycles. The fourth-order valence-corrected chi connectivity index (χ4v) is 2.62. The van der Waals surface area contributed by atoms with E-state index in [1.165, 1.54) is 0 Å². The zero-order valence-electron chi connectivity index (χ0n) is 13.7. The van der Waals surface area contributed by atoms with E-state index in [0.717, 1.165) is 25.2 Å². The lowest BCUT2D eigenvalue weighted by Crippen LogP contribution is -2.13. The van der Waals surface area contributed by atoms with Crippen molar-refractivity contribution in [3.63, 3.8) is 0 Å². The van der Waals surface area contributed by atoms with Crippen molar-refractivity contribution >= 4 is 11.2 Å². The number of hydrogen-bond acceptors (Lipinski definition) is 5. The average molecular weight is 331 g/mol. The summed E-state index contributed by atoms with van der Waals surface area (Å²) in [4.78, 5) is 13.3. The van der Waals surface area contributed by atoms with Gasteiger partial charge in [0.15, 0.2) is 11.3 Å². The Morgan fingerprint density at radius 1 is 1.08 bits per heavy atom. The van der Waals surface area contributed by atoms with Gasteiger partial charge in [0.25, 0.3) is 0 Å². The van der Waals surface area contributed by atoms with E-state index < -0.39 is 0 Å². The van der Waals surface area contributed by atoms with Crippen LogP contribution in [0.3, 0.4) is 0 Å². The third-order valence-electron chi connectivity index (χ3n) is 3.99. The van der Waals surface area contributed by atoms with Crippen LogP contribution in [-0.4, -0.2) is 34.8 Å². The van der Waals surface area contributed by atoms with E-state index in [-0.39, 0.29) is 0 Å². The largest absolute Gasteiger partial charge is 0.475 e. The molecule has 124 valence electrons. The normalized spacial score (nSPS) is 16.4. The molecule has 1 unspecified atom stereocenters. The maximum Gasteiger partial charge on any atom is 0.249 e. The van der Waals surface area contributed by atoms with Crippen molar-refractivity contribution in [1.29, 1.82) is 0 Å². The van der Waals surface area contributed by atoms with Gasteiger partial charge in [0.1, 0.15) is 5.52 Å². The minimum absolute atomic E-state index is 0.390. The molecule has 0 aliphatic carbocycles. The van der Waals surface area contributed by atoms with Crippen LogP contribution in [0.1, 0.15) is 17.7 Å². The Balaban J connectivity index is 1.67. The Labute approximate surface area is 146 Å². The maximum atomic E-state index is 5.93. The molecule has 0 radical (unpaired) electrons. The van der Waals surface area contributed by atoms with Crippen LogP contribution in [0.15, 0.2) is 48.7 Å². The quantitative estimate of drug-likeness (QED) is 0.691.